The Balaban J connectivity index is 1.87. The van der Waals surface area contributed by atoms with E-state index in [0.29, 0.717) is 5.41 Å². The minimum atomic E-state index is -1.42. The lowest BCUT2D eigenvalue weighted by atomic mass is 9.85. The van der Waals surface area contributed by atoms with Gasteiger partial charge in [0.1, 0.15) is 0 Å². The standard InChI is InChI=1S/C14H28OSi2/c1-16(2,3)15-17(4,5)11-10-14-8-6-13(12-14)7-9-14/h6,8,13H,7,9-12H2,1-5H3. The third-order valence-electron chi connectivity index (χ3n) is 4.21. The normalized spacial score (nSPS) is 32.4. The molecule has 1 nitrogen and oxygen atoms in total. The van der Waals surface area contributed by atoms with Gasteiger partial charge in [-0.05, 0) is 75.8 Å². The summed E-state index contributed by atoms with van der Waals surface area (Å²) < 4.78 is 6.44. The SMILES string of the molecule is C[Si](C)(C)O[Si](C)(C)CCC12C=CC(CC1)C2. The van der Waals surface area contributed by atoms with Gasteiger partial charge in [0, 0.05) is 0 Å². The lowest BCUT2D eigenvalue weighted by Crippen LogP contribution is -2.42. The lowest BCUT2D eigenvalue weighted by molar-refractivity contribution is 0.378. The molecule has 2 unspecified atom stereocenters. The van der Waals surface area contributed by atoms with E-state index < -0.39 is 16.6 Å². The van der Waals surface area contributed by atoms with Gasteiger partial charge in [0.2, 0.25) is 0 Å². The van der Waals surface area contributed by atoms with Gasteiger partial charge >= 0.3 is 0 Å². The van der Waals surface area contributed by atoms with Crippen LogP contribution in [0.4, 0.5) is 0 Å². The van der Waals surface area contributed by atoms with Gasteiger partial charge in [0.15, 0.2) is 16.6 Å². The maximum atomic E-state index is 6.44. The Kier molecular flexibility index (Phi) is 3.47. The van der Waals surface area contributed by atoms with Crippen molar-refractivity contribution >= 4 is 16.6 Å². The molecule has 2 atom stereocenters. The Morgan fingerprint density at radius 2 is 1.94 bits per heavy atom. The van der Waals surface area contributed by atoms with E-state index in [1.165, 1.54) is 31.7 Å². The lowest BCUT2D eigenvalue weighted by Gasteiger charge is -2.34. The Morgan fingerprint density at radius 3 is 2.35 bits per heavy atom. The van der Waals surface area contributed by atoms with Crippen molar-refractivity contribution in [3.63, 3.8) is 0 Å². The van der Waals surface area contributed by atoms with Gasteiger partial charge in [0.25, 0.3) is 0 Å². The van der Waals surface area contributed by atoms with Crippen molar-refractivity contribution in [1.29, 1.82) is 0 Å². The van der Waals surface area contributed by atoms with Crippen molar-refractivity contribution in [2.45, 2.75) is 64.5 Å². The van der Waals surface area contributed by atoms with Crippen LogP contribution in [-0.2, 0) is 4.12 Å². The first kappa shape index (κ1) is 13.6. The molecule has 0 amide bonds. The fraction of sp³-hybridized carbons (Fsp3) is 0.857. The van der Waals surface area contributed by atoms with Crippen molar-refractivity contribution < 1.29 is 4.12 Å². The number of fused-ring (bicyclic) bond motifs is 2. The van der Waals surface area contributed by atoms with Crippen LogP contribution >= 0.6 is 0 Å². The largest absolute Gasteiger partial charge is 0.456 e. The Hall–Kier alpha value is 0.134. The second kappa shape index (κ2) is 4.35. The molecule has 0 radical (unpaired) electrons. The second-order valence-corrected chi connectivity index (χ2v) is 16.8. The van der Waals surface area contributed by atoms with Gasteiger partial charge in [-0.3, -0.25) is 0 Å². The van der Waals surface area contributed by atoms with E-state index in [4.69, 9.17) is 4.12 Å². The summed E-state index contributed by atoms with van der Waals surface area (Å²) in [5, 5.41) is 0. The first-order valence-electron chi connectivity index (χ1n) is 7.09. The zero-order valence-electron chi connectivity index (χ0n) is 12.2. The topological polar surface area (TPSA) is 9.23 Å². The van der Waals surface area contributed by atoms with E-state index in [1.54, 1.807) is 0 Å². The third-order valence-corrected chi connectivity index (χ3v) is 10.3. The van der Waals surface area contributed by atoms with Crippen LogP contribution in [-0.4, -0.2) is 16.6 Å². The molecule has 17 heavy (non-hydrogen) atoms. The quantitative estimate of drug-likeness (QED) is 0.514. The summed E-state index contributed by atoms with van der Waals surface area (Å²) in [6.45, 7) is 11.8. The Morgan fingerprint density at radius 1 is 1.24 bits per heavy atom. The molecule has 0 spiro atoms. The zero-order chi connectivity index (χ0) is 12.7. The van der Waals surface area contributed by atoms with Crippen LogP contribution in [0.25, 0.3) is 0 Å². The molecule has 0 aromatic rings. The van der Waals surface area contributed by atoms with Crippen molar-refractivity contribution in [2.24, 2.45) is 11.3 Å². The maximum Gasteiger partial charge on any atom is 0.173 e. The summed E-state index contributed by atoms with van der Waals surface area (Å²) in [6, 6.07) is 1.34. The molecule has 2 aliphatic carbocycles. The van der Waals surface area contributed by atoms with E-state index in [1.807, 2.05) is 0 Å². The van der Waals surface area contributed by atoms with Crippen LogP contribution in [0.3, 0.4) is 0 Å². The predicted octanol–water partition coefficient (Wildman–Crippen LogP) is 4.79. The van der Waals surface area contributed by atoms with E-state index in [-0.39, 0.29) is 0 Å². The molecule has 0 aromatic heterocycles. The van der Waals surface area contributed by atoms with Crippen LogP contribution in [0.1, 0.15) is 25.7 Å². The van der Waals surface area contributed by atoms with Crippen LogP contribution in [0.2, 0.25) is 38.8 Å². The monoisotopic (exact) mass is 268 g/mol. The molecule has 3 heteroatoms. The minimum absolute atomic E-state index is 0.581. The van der Waals surface area contributed by atoms with Crippen LogP contribution in [0, 0.1) is 11.3 Å². The molecule has 0 saturated heterocycles. The second-order valence-electron chi connectivity index (χ2n) is 7.70. The van der Waals surface area contributed by atoms with E-state index in [9.17, 15) is 0 Å². The van der Waals surface area contributed by atoms with Gasteiger partial charge < -0.3 is 4.12 Å². The highest BCUT2D eigenvalue weighted by Gasteiger charge is 2.42. The van der Waals surface area contributed by atoms with Crippen LogP contribution in [0.5, 0.6) is 0 Å². The first-order chi connectivity index (χ1) is 7.70. The summed E-state index contributed by atoms with van der Waals surface area (Å²) in [6.07, 6.45) is 10.7. The molecule has 0 heterocycles. The highest BCUT2D eigenvalue weighted by molar-refractivity contribution is 6.84. The van der Waals surface area contributed by atoms with Crippen LogP contribution in [0.15, 0.2) is 12.2 Å². The molecule has 0 N–H and O–H groups in total. The molecule has 1 fully saturated rings. The summed E-state index contributed by atoms with van der Waals surface area (Å²) in [5.41, 5.74) is 0.581. The van der Waals surface area contributed by atoms with Gasteiger partial charge in [0.05, 0.1) is 0 Å². The molecule has 2 aliphatic rings. The van der Waals surface area contributed by atoms with Crippen molar-refractivity contribution in [3.8, 4) is 0 Å². The zero-order valence-corrected chi connectivity index (χ0v) is 14.2. The molecular formula is C14H28OSi2. The van der Waals surface area contributed by atoms with Crippen molar-refractivity contribution in [1.82, 2.24) is 0 Å². The van der Waals surface area contributed by atoms with E-state index in [0.717, 1.165) is 5.92 Å². The molecule has 2 rings (SSSR count). The van der Waals surface area contributed by atoms with E-state index in [2.05, 4.69) is 44.9 Å². The fourth-order valence-corrected chi connectivity index (χ4v) is 11.7. The summed E-state index contributed by atoms with van der Waals surface area (Å²) in [5.74, 6) is 0.915. The maximum absolute atomic E-state index is 6.44. The van der Waals surface area contributed by atoms with Gasteiger partial charge in [-0.25, -0.2) is 0 Å². The molecule has 0 aliphatic heterocycles. The number of rotatable bonds is 5. The number of allylic oxidation sites excluding steroid dienone is 2. The average Bonchev–Trinajstić information content (AvgIpc) is 2.71. The van der Waals surface area contributed by atoms with Crippen molar-refractivity contribution in [3.05, 3.63) is 12.2 Å². The molecule has 2 bridgehead atoms. The molecule has 1 saturated carbocycles. The predicted molar refractivity (Wildman–Crippen MR) is 80.3 cm³/mol. The Bertz CT molecular complexity index is 317. The highest BCUT2D eigenvalue weighted by atomic mass is 28.4. The summed E-state index contributed by atoms with van der Waals surface area (Å²) >= 11 is 0. The van der Waals surface area contributed by atoms with Gasteiger partial charge in [-0.15, -0.1) is 0 Å². The molecule has 98 valence electrons. The van der Waals surface area contributed by atoms with E-state index >= 15 is 0 Å². The summed E-state index contributed by atoms with van der Waals surface area (Å²) in [7, 11) is -2.77. The summed E-state index contributed by atoms with van der Waals surface area (Å²) in [4.78, 5) is 0. The third kappa shape index (κ3) is 3.55. The molecular weight excluding hydrogens is 240 g/mol. The first-order valence-corrected chi connectivity index (χ1v) is 13.6. The molecule has 0 aromatic carbocycles. The van der Waals surface area contributed by atoms with Gasteiger partial charge in [-0.1, -0.05) is 12.2 Å². The van der Waals surface area contributed by atoms with Crippen molar-refractivity contribution in [2.75, 3.05) is 0 Å². The minimum Gasteiger partial charge on any atom is -0.456 e. The smallest absolute Gasteiger partial charge is 0.173 e. The Labute approximate surface area is 109 Å². The fourth-order valence-electron chi connectivity index (χ4n) is 3.60. The number of hydrogen-bond acceptors (Lipinski definition) is 1. The van der Waals surface area contributed by atoms with Gasteiger partial charge in [-0.2, -0.15) is 0 Å². The van der Waals surface area contributed by atoms with Crippen LogP contribution < -0.4 is 0 Å². The highest BCUT2D eigenvalue weighted by Crippen LogP contribution is 2.52. The average molecular weight is 269 g/mol. The number of hydrogen-bond donors (Lipinski definition) is 0.